The number of amides is 2. The highest BCUT2D eigenvalue weighted by atomic mass is 35.5. The fourth-order valence-electron chi connectivity index (χ4n) is 1.87. The molecule has 2 aromatic carbocycles. The number of aryl methyl sites for hydroxylation is 1. The molecular weight excluding hydrogens is 288 g/mol. The number of hydrogen-bond donors (Lipinski definition) is 2. The van der Waals surface area contributed by atoms with Crippen LogP contribution in [0.2, 0.25) is 5.02 Å². The zero-order chi connectivity index (χ0) is 15.4. The second kappa shape index (κ2) is 6.41. The first kappa shape index (κ1) is 15.1. The van der Waals surface area contributed by atoms with Crippen molar-refractivity contribution in [2.75, 3.05) is 10.6 Å². The zero-order valence-electron chi connectivity index (χ0n) is 11.7. The lowest BCUT2D eigenvalue weighted by Crippen LogP contribution is -2.20. The number of carbonyl (C=O) groups excluding carboxylic acids is 2. The van der Waals surface area contributed by atoms with E-state index in [4.69, 9.17) is 11.6 Å². The van der Waals surface area contributed by atoms with E-state index in [1.165, 1.54) is 6.92 Å². The molecule has 0 saturated heterocycles. The summed E-state index contributed by atoms with van der Waals surface area (Å²) in [7, 11) is 0. The lowest BCUT2D eigenvalue weighted by Gasteiger charge is -2.10. The molecule has 0 atom stereocenters. The maximum atomic E-state index is 12.0. The average molecular weight is 303 g/mol. The minimum Gasteiger partial charge on any atom is -0.308 e. The third kappa shape index (κ3) is 4.07. The molecule has 0 radical (unpaired) electrons. The number of halogens is 1. The summed E-state index contributed by atoms with van der Waals surface area (Å²) < 4.78 is 0. The van der Waals surface area contributed by atoms with E-state index in [1.807, 2.05) is 6.92 Å². The van der Waals surface area contributed by atoms with Gasteiger partial charge in [-0.2, -0.15) is 0 Å². The summed E-state index contributed by atoms with van der Waals surface area (Å²) in [6, 6.07) is 11.6. The van der Waals surface area contributed by atoms with Crippen molar-refractivity contribution in [1.29, 1.82) is 0 Å². The lowest BCUT2D eigenvalue weighted by atomic mass is 10.1. The second-order valence-electron chi connectivity index (χ2n) is 4.68. The summed E-state index contributed by atoms with van der Waals surface area (Å²) in [5.41, 5.74) is 2.66. The molecule has 0 unspecified atom stereocenters. The van der Waals surface area contributed by atoms with Crippen molar-refractivity contribution >= 4 is 34.8 Å². The van der Waals surface area contributed by atoms with E-state index >= 15 is 0 Å². The average Bonchev–Trinajstić information content (AvgIpc) is 2.42. The summed E-state index contributed by atoms with van der Waals surface area (Å²) in [4.78, 5) is 23.3. The maximum Gasteiger partial charge on any atom is 0.323 e. The van der Waals surface area contributed by atoms with Crippen LogP contribution in [0.25, 0.3) is 0 Å². The number of Topliss-reactive ketones (excluding diaryl/α,β-unsaturated/α-hetero) is 1. The van der Waals surface area contributed by atoms with E-state index in [0.29, 0.717) is 22.0 Å². The fourth-order valence-corrected chi connectivity index (χ4v) is 2.09. The summed E-state index contributed by atoms with van der Waals surface area (Å²) >= 11 is 5.87. The molecule has 2 N–H and O–H groups in total. The van der Waals surface area contributed by atoms with Gasteiger partial charge >= 0.3 is 6.03 Å². The molecule has 108 valence electrons. The van der Waals surface area contributed by atoms with E-state index in [2.05, 4.69) is 10.6 Å². The SMILES string of the molecule is CC(=O)c1cccc(NC(=O)Nc2ccc(Cl)cc2C)c1. The van der Waals surface area contributed by atoms with Crippen LogP contribution in [0.1, 0.15) is 22.8 Å². The standard InChI is InChI=1S/C16H15ClN2O2/c1-10-8-13(17)6-7-15(10)19-16(21)18-14-5-3-4-12(9-14)11(2)20/h3-9H,1-2H3,(H2,18,19,21). The quantitative estimate of drug-likeness (QED) is 0.820. The molecule has 2 rings (SSSR count). The highest BCUT2D eigenvalue weighted by Gasteiger charge is 2.07. The third-order valence-corrected chi connectivity index (χ3v) is 3.20. The number of nitrogens with one attached hydrogen (secondary N) is 2. The normalized spacial score (nSPS) is 10.0. The van der Waals surface area contributed by atoms with Crippen molar-refractivity contribution in [3.63, 3.8) is 0 Å². The number of rotatable bonds is 3. The van der Waals surface area contributed by atoms with Crippen LogP contribution in [0, 0.1) is 6.92 Å². The van der Waals surface area contributed by atoms with E-state index in [1.54, 1.807) is 42.5 Å². The van der Waals surface area contributed by atoms with Crippen LogP contribution in [-0.2, 0) is 0 Å². The molecule has 0 fully saturated rings. The highest BCUT2D eigenvalue weighted by Crippen LogP contribution is 2.20. The van der Waals surface area contributed by atoms with Crippen molar-refractivity contribution < 1.29 is 9.59 Å². The molecule has 0 heterocycles. The molecule has 0 aliphatic rings. The number of urea groups is 1. The van der Waals surface area contributed by atoms with Gasteiger partial charge in [-0.3, -0.25) is 4.79 Å². The molecule has 0 aliphatic carbocycles. The van der Waals surface area contributed by atoms with Gasteiger partial charge < -0.3 is 10.6 Å². The van der Waals surface area contributed by atoms with Gasteiger partial charge in [-0.1, -0.05) is 23.7 Å². The predicted molar refractivity (Wildman–Crippen MR) is 85.3 cm³/mol. The fraction of sp³-hybridized carbons (Fsp3) is 0.125. The number of anilines is 2. The van der Waals surface area contributed by atoms with Gasteiger partial charge in [0.15, 0.2) is 5.78 Å². The van der Waals surface area contributed by atoms with Crippen LogP contribution in [0.5, 0.6) is 0 Å². The Bertz CT molecular complexity index is 698. The Morgan fingerprint density at radius 1 is 1.05 bits per heavy atom. The van der Waals surface area contributed by atoms with Gasteiger partial charge in [0.2, 0.25) is 0 Å². The van der Waals surface area contributed by atoms with Crippen molar-refractivity contribution in [1.82, 2.24) is 0 Å². The van der Waals surface area contributed by atoms with Crippen LogP contribution < -0.4 is 10.6 Å². The minimum atomic E-state index is -0.374. The van der Waals surface area contributed by atoms with Crippen LogP contribution in [0.4, 0.5) is 16.2 Å². The van der Waals surface area contributed by atoms with E-state index in [9.17, 15) is 9.59 Å². The van der Waals surface area contributed by atoms with Crippen molar-refractivity contribution in [3.8, 4) is 0 Å². The molecular formula is C16H15ClN2O2. The van der Waals surface area contributed by atoms with E-state index < -0.39 is 0 Å². The minimum absolute atomic E-state index is 0.0485. The Morgan fingerprint density at radius 3 is 2.48 bits per heavy atom. The smallest absolute Gasteiger partial charge is 0.308 e. The van der Waals surface area contributed by atoms with Gasteiger partial charge in [-0.15, -0.1) is 0 Å². The van der Waals surface area contributed by atoms with Gasteiger partial charge in [0.05, 0.1) is 0 Å². The Morgan fingerprint density at radius 2 is 1.81 bits per heavy atom. The summed E-state index contributed by atoms with van der Waals surface area (Å²) in [5, 5.41) is 6.05. The van der Waals surface area contributed by atoms with Crippen molar-refractivity contribution in [2.45, 2.75) is 13.8 Å². The monoisotopic (exact) mass is 302 g/mol. The lowest BCUT2D eigenvalue weighted by molar-refractivity contribution is 0.101. The molecule has 0 spiro atoms. The number of hydrogen-bond acceptors (Lipinski definition) is 2. The van der Waals surface area contributed by atoms with Crippen molar-refractivity contribution in [2.24, 2.45) is 0 Å². The Hall–Kier alpha value is -2.33. The Balaban J connectivity index is 2.08. The third-order valence-electron chi connectivity index (χ3n) is 2.96. The van der Waals surface area contributed by atoms with Gasteiger partial charge in [0.25, 0.3) is 0 Å². The first-order valence-corrected chi connectivity index (χ1v) is 6.78. The van der Waals surface area contributed by atoms with Gasteiger partial charge in [-0.25, -0.2) is 4.79 Å². The Kier molecular flexibility index (Phi) is 4.60. The molecule has 2 aromatic rings. The first-order valence-electron chi connectivity index (χ1n) is 6.41. The summed E-state index contributed by atoms with van der Waals surface area (Å²) in [6.07, 6.45) is 0. The number of carbonyl (C=O) groups is 2. The van der Waals surface area contributed by atoms with Crippen LogP contribution in [0.3, 0.4) is 0 Å². The molecule has 0 aromatic heterocycles. The summed E-state index contributed by atoms with van der Waals surface area (Å²) in [5.74, 6) is -0.0485. The van der Waals surface area contributed by atoms with Gasteiger partial charge in [0.1, 0.15) is 0 Å². The molecule has 4 nitrogen and oxygen atoms in total. The topological polar surface area (TPSA) is 58.2 Å². The van der Waals surface area contributed by atoms with Crippen LogP contribution in [-0.4, -0.2) is 11.8 Å². The maximum absolute atomic E-state index is 12.0. The molecule has 5 heteroatoms. The molecule has 2 amide bonds. The number of benzene rings is 2. The number of ketones is 1. The molecule has 0 aliphatic heterocycles. The van der Waals surface area contributed by atoms with E-state index in [0.717, 1.165) is 5.56 Å². The largest absolute Gasteiger partial charge is 0.323 e. The van der Waals surface area contributed by atoms with E-state index in [-0.39, 0.29) is 11.8 Å². The van der Waals surface area contributed by atoms with Gasteiger partial charge in [-0.05, 0) is 49.7 Å². The second-order valence-corrected chi connectivity index (χ2v) is 5.11. The Labute approximate surface area is 128 Å². The van der Waals surface area contributed by atoms with Gasteiger partial charge in [0, 0.05) is 22.0 Å². The van der Waals surface area contributed by atoms with Crippen molar-refractivity contribution in [3.05, 3.63) is 58.6 Å². The summed E-state index contributed by atoms with van der Waals surface area (Å²) in [6.45, 7) is 3.34. The molecule has 21 heavy (non-hydrogen) atoms. The first-order chi connectivity index (χ1) is 9.95. The zero-order valence-corrected chi connectivity index (χ0v) is 12.5. The molecule has 0 saturated carbocycles. The predicted octanol–water partition coefficient (Wildman–Crippen LogP) is 4.50. The molecule has 0 bridgehead atoms. The highest BCUT2D eigenvalue weighted by molar-refractivity contribution is 6.30. The van der Waals surface area contributed by atoms with Crippen LogP contribution >= 0.6 is 11.6 Å². The van der Waals surface area contributed by atoms with Crippen LogP contribution in [0.15, 0.2) is 42.5 Å².